The lowest BCUT2D eigenvalue weighted by atomic mass is 10.2. The number of carbonyl (C=O) groups excluding carboxylic acids is 2. The maximum absolute atomic E-state index is 12.4. The molecular weight excluding hydrogens is 426 g/mol. The number of nitro groups is 1. The van der Waals surface area contributed by atoms with Crippen molar-refractivity contribution in [3.63, 3.8) is 0 Å². The van der Waals surface area contributed by atoms with E-state index in [9.17, 15) is 19.7 Å². The molecule has 0 fully saturated rings. The average molecular weight is 442 g/mol. The summed E-state index contributed by atoms with van der Waals surface area (Å²) < 4.78 is 0. The van der Waals surface area contributed by atoms with Crippen molar-refractivity contribution < 1.29 is 14.5 Å². The molecule has 3 aromatic carbocycles. The first kappa shape index (κ1) is 21.4. The maximum atomic E-state index is 12.4. The number of thioether (sulfide) groups is 1. The van der Waals surface area contributed by atoms with Crippen LogP contribution in [0.25, 0.3) is 0 Å². The molecule has 3 rings (SSSR count). The van der Waals surface area contributed by atoms with E-state index >= 15 is 0 Å². The number of hydrogen-bond acceptors (Lipinski definition) is 5. The van der Waals surface area contributed by atoms with Crippen molar-refractivity contribution in [3.8, 4) is 0 Å². The molecule has 0 heterocycles. The molecule has 2 N–H and O–H groups in total. The van der Waals surface area contributed by atoms with Crippen LogP contribution in [0, 0.1) is 10.1 Å². The highest BCUT2D eigenvalue weighted by molar-refractivity contribution is 8.00. The number of nitrogens with zero attached hydrogens (tertiary/aromatic N) is 1. The molecule has 0 aromatic heterocycles. The zero-order valence-electron chi connectivity index (χ0n) is 15.5. The minimum atomic E-state index is -0.552. The van der Waals surface area contributed by atoms with E-state index in [1.54, 1.807) is 42.5 Å². The summed E-state index contributed by atoms with van der Waals surface area (Å²) in [6.07, 6.45) is 0. The molecule has 0 radical (unpaired) electrons. The number of amides is 2. The molecule has 7 nitrogen and oxygen atoms in total. The van der Waals surface area contributed by atoms with Gasteiger partial charge >= 0.3 is 0 Å². The van der Waals surface area contributed by atoms with Gasteiger partial charge in [-0.15, -0.1) is 11.8 Å². The number of anilines is 2. The molecule has 152 valence electrons. The smallest absolute Gasteiger partial charge is 0.270 e. The van der Waals surface area contributed by atoms with Crippen LogP contribution in [-0.2, 0) is 4.79 Å². The fourth-order valence-electron chi connectivity index (χ4n) is 2.51. The number of rotatable bonds is 7. The van der Waals surface area contributed by atoms with Crippen LogP contribution in [0.5, 0.6) is 0 Å². The number of non-ortho nitro benzene ring substituents is 1. The van der Waals surface area contributed by atoms with Crippen molar-refractivity contribution >= 4 is 52.2 Å². The van der Waals surface area contributed by atoms with Gasteiger partial charge in [-0.05, 0) is 48.5 Å². The standard InChI is InChI=1S/C21H16ClN3O4S/c22-15-7-9-16(10-8-15)23-20(26)13-30-19-6-2-4-17(12-19)24-21(27)14-3-1-5-18(11-14)25(28)29/h1-12H,13H2,(H,23,26)(H,24,27). The van der Waals surface area contributed by atoms with E-state index in [1.807, 2.05) is 6.07 Å². The quantitative estimate of drug-likeness (QED) is 0.297. The molecule has 9 heteroatoms. The van der Waals surface area contributed by atoms with E-state index in [0.29, 0.717) is 16.4 Å². The van der Waals surface area contributed by atoms with Gasteiger partial charge in [0.15, 0.2) is 0 Å². The first-order chi connectivity index (χ1) is 14.4. The SMILES string of the molecule is O=C(CSc1cccc(NC(=O)c2cccc([N+](=O)[O-])c2)c1)Nc1ccc(Cl)cc1. The maximum Gasteiger partial charge on any atom is 0.270 e. The Bertz CT molecular complexity index is 1090. The van der Waals surface area contributed by atoms with Crippen LogP contribution in [0.3, 0.4) is 0 Å². The molecular formula is C21H16ClN3O4S. The van der Waals surface area contributed by atoms with Gasteiger partial charge in [0.2, 0.25) is 5.91 Å². The molecule has 0 saturated heterocycles. The van der Waals surface area contributed by atoms with Gasteiger partial charge < -0.3 is 10.6 Å². The van der Waals surface area contributed by atoms with Crippen LogP contribution >= 0.6 is 23.4 Å². The molecule has 0 atom stereocenters. The molecule has 0 saturated carbocycles. The number of carbonyl (C=O) groups is 2. The molecule has 0 unspecified atom stereocenters. The predicted molar refractivity (Wildman–Crippen MR) is 118 cm³/mol. The van der Waals surface area contributed by atoms with E-state index in [1.165, 1.54) is 36.0 Å². The summed E-state index contributed by atoms with van der Waals surface area (Å²) in [4.78, 5) is 35.6. The van der Waals surface area contributed by atoms with Crippen molar-refractivity contribution in [2.24, 2.45) is 0 Å². The summed E-state index contributed by atoms with van der Waals surface area (Å²) in [5.74, 6) is -0.444. The van der Waals surface area contributed by atoms with Crippen molar-refractivity contribution in [1.82, 2.24) is 0 Å². The summed E-state index contributed by atoms with van der Waals surface area (Å²) in [6.45, 7) is 0. The van der Waals surface area contributed by atoms with Gasteiger partial charge in [-0.1, -0.05) is 23.7 Å². The van der Waals surface area contributed by atoms with Gasteiger partial charge in [0, 0.05) is 39.0 Å². The monoisotopic (exact) mass is 441 g/mol. The Kier molecular flexibility index (Phi) is 7.05. The summed E-state index contributed by atoms with van der Waals surface area (Å²) in [5.41, 5.74) is 1.21. The van der Waals surface area contributed by atoms with Crippen molar-refractivity contribution in [2.75, 3.05) is 16.4 Å². The van der Waals surface area contributed by atoms with E-state index in [2.05, 4.69) is 10.6 Å². The first-order valence-corrected chi connectivity index (χ1v) is 10.1. The Morgan fingerprint density at radius 2 is 1.67 bits per heavy atom. The second-order valence-corrected chi connectivity index (χ2v) is 7.62. The third-order valence-corrected chi connectivity index (χ3v) is 5.15. The fraction of sp³-hybridized carbons (Fsp3) is 0.0476. The van der Waals surface area contributed by atoms with E-state index in [0.717, 1.165) is 4.90 Å². The fourth-order valence-corrected chi connectivity index (χ4v) is 3.39. The Hall–Kier alpha value is -3.36. The van der Waals surface area contributed by atoms with Crippen LogP contribution < -0.4 is 10.6 Å². The molecule has 0 aliphatic rings. The van der Waals surface area contributed by atoms with E-state index in [4.69, 9.17) is 11.6 Å². The molecule has 30 heavy (non-hydrogen) atoms. The highest BCUT2D eigenvalue weighted by Gasteiger charge is 2.12. The Balaban J connectivity index is 1.58. The molecule has 0 aliphatic carbocycles. The summed E-state index contributed by atoms with van der Waals surface area (Å²) in [5, 5.41) is 16.9. The number of nitrogens with one attached hydrogen (secondary N) is 2. The lowest BCUT2D eigenvalue weighted by Crippen LogP contribution is -2.14. The third kappa shape index (κ3) is 6.07. The number of halogens is 1. The highest BCUT2D eigenvalue weighted by Crippen LogP contribution is 2.23. The lowest BCUT2D eigenvalue weighted by Gasteiger charge is -2.08. The molecule has 0 aliphatic heterocycles. The molecule has 0 spiro atoms. The highest BCUT2D eigenvalue weighted by atomic mass is 35.5. The second-order valence-electron chi connectivity index (χ2n) is 6.13. The summed E-state index contributed by atoms with van der Waals surface area (Å²) >= 11 is 7.14. The van der Waals surface area contributed by atoms with Crippen LogP contribution in [0.2, 0.25) is 5.02 Å². The number of nitro benzene ring substituents is 1. The molecule has 2 amide bonds. The average Bonchev–Trinajstić information content (AvgIpc) is 2.74. The molecule has 0 bridgehead atoms. The van der Waals surface area contributed by atoms with Crippen molar-refractivity contribution in [1.29, 1.82) is 0 Å². The molecule has 3 aromatic rings. The minimum absolute atomic E-state index is 0.154. The first-order valence-electron chi connectivity index (χ1n) is 8.75. The minimum Gasteiger partial charge on any atom is -0.325 e. The van der Waals surface area contributed by atoms with Crippen LogP contribution in [0.1, 0.15) is 10.4 Å². The third-order valence-electron chi connectivity index (χ3n) is 3.91. The zero-order chi connectivity index (χ0) is 21.5. The van der Waals surface area contributed by atoms with Gasteiger partial charge in [0.25, 0.3) is 11.6 Å². The number of hydrogen-bond donors (Lipinski definition) is 2. The Morgan fingerprint density at radius 3 is 2.40 bits per heavy atom. The number of benzene rings is 3. The zero-order valence-corrected chi connectivity index (χ0v) is 17.1. The lowest BCUT2D eigenvalue weighted by molar-refractivity contribution is -0.384. The Labute approximate surface area is 181 Å². The predicted octanol–water partition coefficient (Wildman–Crippen LogP) is 5.23. The summed E-state index contributed by atoms with van der Waals surface area (Å²) in [7, 11) is 0. The van der Waals surface area contributed by atoms with Crippen LogP contribution in [-0.4, -0.2) is 22.5 Å². The normalized spacial score (nSPS) is 10.3. The van der Waals surface area contributed by atoms with E-state index in [-0.39, 0.29) is 22.9 Å². The Morgan fingerprint density at radius 1 is 0.933 bits per heavy atom. The van der Waals surface area contributed by atoms with Gasteiger partial charge in [-0.3, -0.25) is 19.7 Å². The summed E-state index contributed by atoms with van der Waals surface area (Å²) in [6, 6.07) is 19.3. The van der Waals surface area contributed by atoms with Gasteiger partial charge in [0.05, 0.1) is 10.7 Å². The second kappa shape index (κ2) is 9.91. The topological polar surface area (TPSA) is 101 Å². The van der Waals surface area contributed by atoms with E-state index < -0.39 is 10.8 Å². The largest absolute Gasteiger partial charge is 0.325 e. The van der Waals surface area contributed by atoms with Gasteiger partial charge in [-0.25, -0.2) is 0 Å². The van der Waals surface area contributed by atoms with Crippen molar-refractivity contribution in [2.45, 2.75) is 4.90 Å². The van der Waals surface area contributed by atoms with Crippen molar-refractivity contribution in [3.05, 3.63) is 93.5 Å². The van der Waals surface area contributed by atoms with Crippen LogP contribution in [0.15, 0.2) is 77.7 Å². The van der Waals surface area contributed by atoms with Gasteiger partial charge in [0.1, 0.15) is 0 Å². The van der Waals surface area contributed by atoms with Gasteiger partial charge in [-0.2, -0.15) is 0 Å². The van der Waals surface area contributed by atoms with Crippen LogP contribution in [0.4, 0.5) is 17.1 Å².